The molecule has 2 heterocycles. The standard InChI is InChI=1S/C11H16F3N3O4S/c1-2-8-10(16-21-15-8)22(18,19)17-9(11(12,13)14)7-4-3-5-20-6-7/h7,9,17H,2-6H2,1H3. The second kappa shape index (κ2) is 6.50. The number of hydrogen-bond acceptors (Lipinski definition) is 6. The lowest BCUT2D eigenvalue weighted by Crippen LogP contribution is -2.52. The van der Waals surface area contributed by atoms with Crippen molar-refractivity contribution in [3.8, 4) is 0 Å². The van der Waals surface area contributed by atoms with Crippen molar-refractivity contribution in [3.63, 3.8) is 0 Å². The summed E-state index contributed by atoms with van der Waals surface area (Å²) in [6.45, 7) is 1.82. The molecule has 1 aliphatic heterocycles. The summed E-state index contributed by atoms with van der Waals surface area (Å²) in [5.74, 6) is -0.978. The van der Waals surface area contributed by atoms with E-state index in [0.717, 1.165) is 0 Å². The van der Waals surface area contributed by atoms with Gasteiger partial charge in [0, 0.05) is 12.5 Å². The Morgan fingerprint density at radius 2 is 2.14 bits per heavy atom. The Bertz CT molecular complexity index is 596. The number of nitrogens with one attached hydrogen (secondary N) is 1. The predicted octanol–water partition coefficient (Wildman–Crippen LogP) is 1.27. The number of hydrogen-bond donors (Lipinski definition) is 1. The normalized spacial score (nSPS) is 21.7. The number of alkyl halides is 3. The molecule has 0 aromatic carbocycles. The summed E-state index contributed by atoms with van der Waals surface area (Å²) in [4.78, 5) is 0. The van der Waals surface area contributed by atoms with Crippen molar-refractivity contribution in [2.45, 2.75) is 43.4 Å². The summed E-state index contributed by atoms with van der Waals surface area (Å²) >= 11 is 0. The van der Waals surface area contributed by atoms with Crippen LogP contribution in [-0.4, -0.2) is 44.2 Å². The van der Waals surface area contributed by atoms with Gasteiger partial charge < -0.3 is 4.74 Å². The Labute approximate surface area is 125 Å². The monoisotopic (exact) mass is 343 g/mol. The van der Waals surface area contributed by atoms with Gasteiger partial charge in [-0.05, 0) is 24.4 Å². The van der Waals surface area contributed by atoms with Gasteiger partial charge in [0.2, 0.25) is 5.03 Å². The third-order valence-corrected chi connectivity index (χ3v) is 4.80. The van der Waals surface area contributed by atoms with Gasteiger partial charge in [-0.2, -0.15) is 17.9 Å². The summed E-state index contributed by atoms with van der Waals surface area (Å²) in [7, 11) is -4.48. The lowest BCUT2D eigenvalue weighted by Gasteiger charge is -2.31. The van der Waals surface area contributed by atoms with Crippen LogP contribution >= 0.6 is 0 Å². The SMILES string of the molecule is CCc1nonc1S(=O)(=O)NC(C1CCCOC1)C(F)(F)F. The first-order valence-corrected chi connectivity index (χ1v) is 8.22. The highest BCUT2D eigenvalue weighted by Crippen LogP contribution is 2.31. The van der Waals surface area contributed by atoms with Crippen LogP contribution in [0.15, 0.2) is 9.65 Å². The third-order valence-electron chi connectivity index (χ3n) is 3.41. The van der Waals surface area contributed by atoms with Gasteiger partial charge in [-0.25, -0.2) is 13.0 Å². The van der Waals surface area contributed by atoms with Gasteiger partial charge in [-0.1, -0.05) is 12.1 Å². The van der Waals surface area contributed by atoms with Gasteiger partial charge in [0.05, 0.1) is 6.61 Å². The highest BCUT2D eigenvalue weighted by Gasteiger charge is 2.48. The van der Waals surface area contributed by atoms with E-state index in [9.17, 15) is 21.6 Å². The molecule has 1 N–H and O–H groups in total. The molecule has 22 heavy (non-hydrogen) atoms. The van der Waals surface area contributed by atoms with Gasteiger partial charge >= 0.3 is 6.18 Å². The summed E-state index contributed by atoms with van der Waals surface area (Å²) in [6, 6.07) is -2.24. The highest BCUT2D eigenvalue weighted by atomic mass is 32.2. The zero-order chi connectivity index (χ0) is 16.4. The molecule has 1 saturated heterocycles. The molecular weight excluding hydrogens is 327 g/mol. The first-order chi connectivity index (χ1) is 10.3. The van der Waals surface area contributed by atoms with E-state index in [-0.39, 0.29) is 25.1 Å². The maximum atomic E-state index is 13.2. The lowest BCUT2D eigenvalue weighted by atomic mass is 9.94. The first kappa shape index (κ1) is 17.2. The van der Waals surface area contributed by atoms with Gasteiger partial charge in [-0.3, -0.25) is 0 Å². The van der Waals surface area contributed by atoms with Crippen LogP contribution in [0.25, 0.3) is 0 Å². The minimum absolute atomic E-state index is 0.0201. The Balaban J connectivity index is 2.26. The van der Waals surface area contributed by atoms with Gasteiger partial charge in [0.15, 0.2) is 0 Å². The molecule has 1 aromatic rings. The molecule has 0 amide bonds. The van der Waals surface area contributed by atoms with Gasteiger partial charge in [0.25, 0.3) is 10.0 Å². The number of sulfonamides is 1. The van der Waals surface area contributed by atoms with E-state index in [4.69, 9.17) is 4.74 Å². The largest absolute Gasteiger partial charge is 0.405 e. The first-order valence-electron chi connectivity index (χ1n) is 6.74. The summed E-state index contributed by atoms with van der Waals surface area (Å²) < 4.78 is 75.0. The number of aryl methyl sites for hydroxylation is 1. The molecular formula is C11H16F3N3O4S. The van der Waals surface area contributed by atoms with Crippen molar-refractivity contribution in [2.24, 2.45) is 5.92 Å². The average Bonchev–Trinajstić information content (AvgIpc) is 2.94. The molecule has 2 rings (SSSR count). The fourth-order valence-corrected chi connectivity index (χ4v) is 3.70. The van der Waals surface area contributed by atoms with E-state index in [1.807, 2.05) is 0 Å². The molecule has 0 aliphatic carbocycles. The minimum atomic E-state index is -4.73. The van der Waals surface area contributed by atoms with Crippen LogP contribution in [0.1, 0.15) is 25.5 Å². The zero-order valence-electron chi connectivity index (χ0n) is 11.8. The summed E-state index contributed by atoms with van der Waals surface area (Å²) in [6.07, 6.45) is -3.89. The Morgan fingerprint density at radius 1 is 1.41 bits per heavy atom. The van der Waals surface area contributed by atoms with Crippen LogP contribution in [0, 0.1) is 5.92 Å². The fraction of sp³-hybridized carbons (Fsp3) is 0.818. The summed E-state index contributed by atoms with van der Waals surface area (Å²) in [5.41, 5.74) is -0.0201. The minimum Gasteiger partial charge on any atom is -0.381 e. The van der Waals surface area contributed by atoms with E-state index < -0.39 is 33.2 Å². The number of nitrogens with zero attached hydrogens (tertiary/aromatic N) is 2. The van der Waals surface area contributed by atoms with Crippen molar-refractivity contribution < 1.29 is 31.0 Å². The maximum Gasteiger partial charge on any atom is 0.405 e. The van der Waals surface area contributed by atoms with E-state index in [1.54, 1.807) is 11.6 Å². The van der Waals surface area contributed by atoms with Crippen LogP contribution in [-0.2, 0) is 21.2 Å². The van der Waals surface area contributed by atoms with Crippen molar-refractivity contribution in [2.75, 3.05) is 13.2 Å². The molecule has 0 bridgehead atoms. The van der Waals surface area contributed by atoms with Crippen LogP contribution in [0.5, 0.6) is 0 Å². The molecule has 0 saturated carbocycles. The molecule has 126 valence electrons. The predicted molar refractivity (Wildman–Crippen MR) is 67.4 cm³/mol. The van der Waals surface area contributed by atoms with Crippen molar-refractivity contribution in [1.82, 2.24) is 15.0 Å². The van der Waals surface area contributed by atoms with E-state index in [2.05, 4.69) is 14.9 Å². The summed E-state index contributed by atoms with van der Waals surface area (Å²) in [5, 5.41) is 5.97. The van der Waals surface area contributed by atoms with Crippen molar-refractivity contribution in [1.29, 1.82) is 0 Å². The highest BCUT2D eigenvalue weighted by molar-refractivity contribution is 7.89. The quantitative estimate of drug-likeness (QED) is 0.865. The molecule has 11 heteroatoms. The lowest BCUT2D eigenvalue weighted by molar-refractivity contribution is -0.172. The van der Waals surface area contributed by atoms with Crippen molar-refractivity contribution >= 4 is 10.0 Å². The zero-order valence-corrected chi connectivity index (χ0v) is 12.6. The van der Waals surface area contributed by atoms with Gasteiger partial charge in [-0.15, -0.1) is 0 Å². The molecule has 7 nitrogen and oxygen atoms in total. The van der Waals surface area contributed by atoms with Crippen LogP contribution in [0.3, 0.4) is 0 Å². The second-order valence-corrected chi connectivity index (χ2v) is 6.62. The average molecular weight is 343 g/mol. The van der Waals surface area contributed by atoms with Crippen molar-refractivity contribution in [3.05, 3.63) is 5.69 Å². The van der Waals surface area contributed by atoms with E-state index in [1.165, 1.54) is 0 Å². The van der Waals surface area contributed by atoms with Crippen LogP contribution in [0.4, 0.5) is 13.2 Å². The second-order valence-electron chi connectivity index (χ2n) is 4.99. The van der Waals surface area contributed by atoms with Gasteiger partial charge in [0.1, 0.15) is 11.7 Å². The van der Waals surface area contributed by atoms with E-state index in [0.29, 0.717) is 13.0 Å². The molecule has 2 unspecified atom stereocenters. The Morgan fingerprint density at radius 3 is 2.68 bits per heavy atom. The number of halogens is 3. The Hall–Kier alpha value is -1.20. The topological polar surface area (TPSA) is 94.3 Å². The molecule has 1 aliphatic rings. The molecule has 1 fully saturated rings. The fourth-order valence-electron chi connectivity index (χ4n) is 2.30. The molecule has 1 aromatic heterocycles. The Kier molecular flexibility index (Phi) is 5.07. The number of rotatable bonds is 5. The number of aromatic nitrogens is 2. The maximum absolute atomic E-state index is 13.2. The molecule has 0 spiro atoms. The smallest absolute Gasteiger partial charge is 0.381 e. The molecule has 2 atom stereocenters. The van der Waals surface area contributed by atoms with Crippen LogP contribution in [0.2, 0.25) is 0 Å². The van der Waals surface area contributed by atoms with Crippen LogP contribution < -0.4 is 4.72 Å². The third kappa shape index (κ3) is 3.76. The number of ether oxygens (including phenoxy) is 1. The molecule has 0 radical (unpaired) electrons. The van der Waals surface area contributed by atoms with E-state index >= 15 is 0 Å².